The number of hydrogen-bond donors (Lipinski definition) is 1. The molecule has 1 amide bonds. The van der Waals surface area contributed by atoms with Gasteiger partial charge >= 0.3 is 0 Å². The van der Waals surface area contributed by atoms with Gasteiger partial charge in [-0.3, -0.25) is 4.79 Å². The lowest BCUT2D eigenvalue weighted by atomic mass is 10.1. The highest BCUT2D eigenvalue weighted by Gasteiger charge is 2.17. The smallest absolute Gasteiger partial charge is 0.254 e. The lowest BCUT2D eigenvalue weighted by Crippen LogP contribution is -2.38. The first-order valence-corrected chi connectivity index (χ1v) is 6.77. The predicted molar refractivity (Wildman–Crippen MR) is 71.3 cm³/mol. The molecule has 0 aromatic heterocycles. The molecule has 1 aromatic carbocycles. The van der Waals surface area contributed by atoms with Crippen LogP contribution in [0.4, 0.5) is 4.39 Å². The first kappa shape index (κ1) is 14.5. The fourth-order valence-corrected chi connectivity index (χ4v) is 1.96. The van der Waals surface area contributed by atoms with Crippen LogP contribution in [0.3, 0.4) is 0 Å². The van der Waals surface area contributed by atoms with Gasteiger partial charge in [-0.25, -0.2) is 4.39 Å². The summed E-state index contributed by atoms with van der Waals surface area (Å²) in [5.74, 6) is -0.739. The minimum atomic E-state index is -0.564. The van der Waals surface area contributed by atoms with Crippen LogP contribution >= 0.6 is 27.5 Å². The third-order valence-corrected chi connectivity index (χ3v) is 3.89. The molecule has 17 heavy (non-hydrogen) atoms. The summed E-state index contributed by atoms with van der Waals surface area (Å²) in [5, 5.41) is 3.86. The number of halogens is 3. The van der Waals surface area contributed by atoms with Crippen LogP contribution in [-0.4, -0.2) is 17.3 Å². The van der Waals surface area contributed by atoms with E-state index in [-0.39, 0.29) is 17.5 Å². The number of rotatable bonds is 4. The van der Waals surface area contributed by atoms with E-state index in [1.807, 2.05) is 13.8 Å². The Bertz CT molecular complexity index is 413. The first-order chi connectivity index (χ1) is 7.95. The molecule has 0 aliphatic heterocycles. The number of alkyl halides is 1. The second kappa shape index (κ2) is 6.36. The Morgan fingerprint density at radius 3 is 2.76 bits per heavy atom. The van der Waals surface area contributed by atoms with Crippen LogP contribution in [0.2, 0.25) is 5.02 Å². The average Bonchev–Trinajstić information content (AvgIpc) is 2.30. The lowest BCUT2D eigenvalue weighted by Gasteiger charge is -2.19. The van der Waals surface area contributed by atoms with Crippen LogP contribution in [0.25, 0.3) is 0 Å². The zero-order valence-electron chi connectivity index (χ0n) is 9.64. The summed E-state index contributed by atoms with van der Waals surface area (Å²) in [6, 6.07) is 3.89. The van der Waals surface area contributed by atoms with Gasteiger partial charge in [0, 0.05) is 16.4 Å². The molecule has 0 saturated heterocycles. The van der Waals surface area contributed by atoms with Crippen LogP contribution in [-0.2, 0) is 0 Å². The molecule has 0 aliphatic rings. The highest BCUT2D eigenvalue weighted by atomic mass is 79.9. The molecule has 0 fully saturated rings. The average molecular weight is 323 g/mol. The molecule has 2 unspecified atom stereocenters. The standard InChI is InChI=1S/C12H14BrClFNO/c1-7(6-13)8(2)16-12(17)10-5-9(14)3-4-11(10)15/h3-5,7-8H,6H2,1-2H3,(H,16,17). The maximum absolute atomic E-state index is 13.4. The third-order valence-electron chi connectivity index (χ3n) is 2.63. The van der Waals surface area contributed by atoms with Gasteiger partial charge in [-0.05, 0) is 31.0 Å². The molecular formula is C12H14BrClFNO. The van der Waals surface area contributed by atoms with Crippen molar-refractivity contribution in [1.82, 2.24) is 5.32 Å². The van der Waals surface area contributed by atoms with Gasteiger partial charge < -0.3 is 5.32 Å². The van der Waals surface area contributed by atoms with Crippen molar-refractivity contribution in [2.75, 3.05) is 5.33 Å². The van der Waals surface area contributed by atoms with Crippen molar-refractivity contribution < 1.29 is 9.18 Å². The molecule has 0 spiro atoms. The highest BCUT2D eigenvalue weighted by molar-refractivity contribution is 9.09. The number of carbonyl (C=O) groups is 1. The topological polar surface area (TPSA) is 29.1 Å². The Morgan fingerprint density at radius 2 is 2.18 bits per heavy atom. The van der Waals surface area contributed by atoms with E-state index in [0.29, 0.717) is 5.02 Å². The predicted octanol–water partition coefficient (Wildman–Crippen LogP) is 3.63. The number of amides is 1. The van der Waals surface area contributed by atoms with Crippen molar-refractivity contribution in [2.45, 2.75) is 19.9 Å². The summed E-state index contributed by atoms with van der Waals surface area (Å²) in [7, 11) is 0. The summed E-state index contributed by atoms with van der Waals surface area (Å²) < 4.78 is 13.4. The van der Waals surface area contributed by atoms with E-state index in [9.17, 15) is 9.18 Å². The van der Waals surface area contributed by atoms with Gasteiger partial charge in [-0.15, -0.1) is 0 Å². The van der Waals surface area contributed by atoms with Crippen LogP contribution in [0.1, 0.15) is 24.2 Å². The second-order valence-electron chi connectivity index (χ2n) is 4.02. The Kier molecular flexibility index (Phi) is 5.40. The molecule has 0 radical (unpaired) electrons. The van der Waals surface area contributed by atoms with E-state index in [1.54, 1.807) is 0 Å². The minimum absolute atomic E-state index is 0.0221. The first-order valence-electron chi connectivity index (χ1n) is 5.27. The van der Waals surface area contributed by atoms with Gasteiger partial charge in [0.25, 0.3) is 5.91 Å². The van der Waals surface area contributed by atoms with Crippen LogP contribution in [0.15, 0.2) is 18.2 Å². The molecule has 94 valence electrons. The zero-order chi connectivity index (χ0) is 13.0. The second-order valence-corrected chi connectivity index (χ2v) is 5.10. The maximum Gasteiger partial charge on any atom is 0.254 e. The molecule has 1 rings (SSSR count). The quantitative estimate of drug-likeness (QED) is 0.843. The Morgan fingerprint density at radius 1 is 1.53 bits per heavy atom. The maximum atomic E-state index is 13.4. The molecule has 2 atom stereocenters. The van der Waals surface area contributed by atoms with Gasteiger partial charge in [-0.1, -0.05) is 34.5 Å². The Labute approximate surface area is 114 Å². The fourth-order valence-electron chi connectivity index (χ4n) is 1.23. The summed E-state index contributed by atoms with van der Waals surface area (Å²) >= 11 is 9.07. The van der Waals surface area contributed by atoms with Gasteiger partial charge in [0.2, 0.25) is 0 Å². The van der Waals surface area contributed by atoms with Gasteiger partial charge in [0.05, 0.1) is 5.56 Å². The minimum Gasteiger partial charge on any atom is -0.349 e. The van der Waals surface area contributed by atoms with Gasteiger partial charge in [-0.2, -0.15) is 0 Å². The molecule has 0 bridgehead atoms. The zero-order valence-corrected chi connectivity index (χ0v) is 12.0. The molecule has 1 N–H and O–H groups in total. The van der Waals surface area contributed by atoms with Crippen LogP contribution in [0, 0.1) is 11.7 Å². The van der Waals surface area contributed by atoms with E-state index >= 15 is 0 Å². The van der Waals surface area contributed by atoms with Crippen molar-refractivity contribution in [2.24, 2.45) is 5.92 Å². The normalized spacial score (nSPS) is 14.2. The molecule has 0 saturated carbocycles. The SMILES string of the molecule is CC(CBr)C(C)NC(=O)c1cc(Cl)ccc1F. The molecular weight excluding hydrogens is 308 g/mol. The Balaban J connectivity index is 2.79. The van der Waals surface area contributed by atoms with Gasteiger partial charge in [0.15, 0.2) is 0 Å². The molecule has 0 heterocycles. The highest BCUT2D eigenvalue weighted by Crippen LogP contribution is 2.15. The fraction of sp³-hybridized carbons (Fsp3) is 0.417. The lowest BCUT2D eigenvalue weighted by molar-refractivity contribution is 0.0927. The van der Waals surface area contributed by atoms with Crippen molar-refractivity contribution in [1.29, 1.82) is 0 Å². The van der Waals surface area contributed by atoms with Crippen molar-refractivity contribution in [3.8, 4) is 0 Å². The molecule has 2 nitrogen and oxygen atoms in total. The number of benzene rings is 1. The van der Waals surface area contributed by atoms with Crippen LogP contribution in [0.5, 0.6) is 0 Å². The van der Waals surface area contributed by atoms with E-state index < -0.39 is 11.7 Å². The van der Waals surface area contributed by atoms with Crippen molar-refractivity contribution >= 4 is 33.4 Å². The summed E-state index contributed by atoms with van der Waals surface area (Å²) in [6.45, 7) is 3.88. The third kappa shape index (κ3) is 3.96. The largest absolute Gasteiger partial charge is 0.349 e. The monoisotopic (exact) mass is 321 g/mol. The van der Waals surface area contributed by atoms with E-state index in [2.05, 4.69) is 21.2 Å². The van der Waals surface area contributed by atoms with E-state index in [0.717, 1.165) is 5.33 Å². The summed E-state index contributed by atoms with van der Waals surface area (Å²) in [4.78, 5) is 11.8. The molecule has 0 aliphatic carbocycles. The number of hydrogen-bond acceptors (Lipinski definition) is 1. The van der Waals surface area contributed by atoms with Crippen LogP contribution < -0.4 is 5.32 Å². The molecule has 1 aromatic rings. The summed E-state index contributed by atoms with van der Waals surface area (Å²) in [5.41, 5.74) is -0.0221. The van der Waals surface area contributed by atoms with Crippen molar-refractivity contribution in [3.05, 3.63) is 34.6 Å². The molecule has 5 heteroatoms. The Hall–Kier alpha value is -0.610. The van der Waals surface area contributed by atoms with Gasteiger partial charge in [0.1, 0.15) is 5.82 Å². The van der Waals surface area contributed by atoms with Crippen molar-refractivity contribution in [3.63, 3.8) is 0 Å². The van der Waals surface area contributed by atoms with E-state index in [1.165, 1.54) is 18.2 Å². The number of nitrogens with one attached hydrogen (secondary N) is 1. The van der Waals surface area contributed by atoms with E-state index in [4.69, 9.17) is 11.6 Å². The number of carbonyl (C=O) groups excluding carboxylic acids is 1. The summed E-state index contributed by atoms with van der Waals surface area (Å²) in [6.07, 6.45) is 0.